The molecule has 0 aliphatic heterocycles. The zero-order valence-corrected chi connectivity index (χ0v) is 13.7. The zero-order chi connectivity index (χ0) is 14.5. The van der Waals surface area contributed by atoms with E-state index in [1.165, 1.54) is 0 Å². The Bertz CT molecular complexity index is 573. The van der Waals surface area contributed by atoms with Crippen LogP contribution in [0.5, 0.6) is 11.5 Å². The van der Waals surface area contributed by atoms with Crippen LogP contribution >= 0.6 is 15.9 Å². The molecule has 0 spiro atoms. The van der Waals surface area contributed by atoms with Gasteiger partial charge in [0.2, 0.25) is 6.79 Å². The van der Waals surface area contributed by atoms with Crippen LogP contribution in [-0.2, 0) is 5.33 Å². The van der Waals surface area contributed by atoms with Crippen LogP contribution < -0.4 is 9.47 Å². The summed E-state index contributed by atoms with van der Waals surface area (Å²) >= 11 is 3.48. The van der Waals surface area contributed by atoms with Gasteiger partial charge in [-0.15, -0.1) is 0 Å². The zero-order valence-electron chi connectivity index (χ0n) is 12.1. The van der Waals surface area contributed by atoms with E-state index in [2.05, 4.69) is 22.0 Å². The topological polar surface area (TPSA) is 18.5 Å². The number of para-hydroxylation sites is 2. The number of hydrogen-bond acceptors (Lipinski definition) is 2. The second kappa shape index (κ2) is 6.80. The standard InChI is InChI=1S/C17H19BrO2/c1-12-6-4-7-13(2)16(12)19-11-20-17-14(3)8-5-9-15(17)10-18/h4-9H,10-11H2,1-3H3. The number of benzene rings is 2. The Morgan fingerprint density at radius 3 is 1.90 bits per heavy atom. The summed E-state index contributed by atoms with van der Waals surface area (Å²) in [5.41, 5.74) is 4.50. The third-order valence-electron chi connectivity index (χ3n) is 3.25. The van der Waals surface area contributed by atoms with Crippen LogP contribution in [0.1, 0.15) is 22.3 Å². The number of rotatable bonds is 5. The molecular formula is C17H19BrO2. The summed E-state index contributed by atoms with van der Waals surface area (Å²) in [4.78, 5) is 0. The van der Waals surface area contributed by atoms with Gasteiger partial charge in [0, 0.05) is 10.9 Å². The fraction of sp³-hybridized carbons (Fsp3) is 0.294. The van der Waals surface area contributed by atoms with Crippen LogP contribution in [0.15, 0.2) is 36.4 Å². The molecule has 20 heavy (non-hydrogen) atoms. The number of hydrogen-bond donors (Lipinski definition) is 0. The van der Waals surface area contributed by atoms with Gasteiger partial charge in [-0.2, -0.15) is 0 Å². The molecule has 106 valence electrons. The Hall–Kier alpha value is -1.48. The largest absolute Gasteiger partial charge is 0.457 e. The molecule has 0 aliphatic carbocycles. The first-order valence-corrected chi connectivity index (χ1v) is 7.72. The number of halogens is 1. The molecular weight excluding hydrogens is 316 g/mol. The summed E-state index contributed by atoms with van der Waals surface area (Å²) in [6.45, 7) is 6.34. The van der Waals surface area contributed by atoms with E-state index < -0.39 is 0 Å². The van der Waals surface area contributed by atoms with Gasteiger partial charge < -0.3 is 9.47 Å². The predicted octanol–water partition coefficient (Wildman–Crippen LogP) is 4.92. The molecule has 0 heterocycles. The summed E-state index contributed by atoms with van der Waals surface area (Å²) in [5.74, 6) is 1.80. The lowest BCUT2D eigenvalue weighted by molar-refractivity contribution is 0.117. The predicted molar refractivity (Wildman–Crippen MR) is 85.8 cm³/mol. The minimum Gasteiger partial charge on any atom is -0.457 e. The van der Waals surface area contributed by atoms with E-state index in [4.69, 9.17) is 9.47 Å². The van der Waals surface area contributed by atoms with Gasteiger partial charge in [0.25, 0.3) is 0 Å². The van der Waals surface area contributed by atoms with Crippen LogP contribution in [0.25, 0.3) is 0 Å². The molecule has 0 N–H and O–H groups in total. The van der Waals surface area contributed by atoms with Gasteiger partial charge in [0.1, 0.15) is 11.5 Å². The van der Waals surface area contributed by atoms with Crippen molar-refractivity contribution in [3.63, 3.8) is 0 Å². The van der Waals surface area contributed by atoms with Crippen LogP contribution in [0, 0.1) is 20.8 Å². The fourth-order valence-corrected chi connectivity index (χ4v) is 2.64. The monoisotopic (exact) mass is 334 g/mol. The third-order valence-corrected chi connectivity index (χ3v) is 3.86. The molecule has 0 atom stereocenters. The Morgan fingerprint density at radius 1 is 0.800 bits per heavy atom. The second-order valence-electron chi connectivity index (χ2n) is 4.82. The minimum absolute atomic E-state index is 0.219. The number of ether oxygens (including phenoxy) is 2. The minimum atomic E-state index is 0.219. The summed E-state index contributed by atoms with van der Waals surface area (Å²) in [5, 5.41) is 0.771. The van der Waals surface area contributed by atoms with Crippen LogP contribution in [0.2, 0.25) is 0 Å². The van der Waals surface area contributed by atoms with Gasteiger partial charge in [-0.05, 0) is 37.5 Å². The molecule has 0 saturated heterocycles. The molecule has 0 amide bonds. The highest BCUT2D eigenvalue weighted by Gasteiger charge is 2.07. The maximum absolute atomic E-state index is 5.82. The molecule has 3 heteroatoms. The Kier molecular flexibility index (Phi) is 5.07. The molecule has 0 saturated carbocycles. The number of aryl methyl sites for hydroxylation is 3. The van der Waals surface area contributed by atoms with Gasteiger partial charge in [-0.1, -0.05) is 52.3 Å². The normalized spacial score (nSPS) is 10.4. The molecule has 0 unspecified atom stereocenters. The number of alkyl halides is 1. The quantitative estimate of drug-likeness (QED) is 0.570. The maximum Gasteiger partial charge on any atom is 0.230 e. The van der Waals surface area contributed by atoms with Crippen LogP contribution in [-0.4, -0.2) is 6.79 Å². The highest BCUT2D eigenvalue weighted by Crippen LogP contribution is 2.27. The highest BCUT2D eigenvalue weighted by atomic mass is 79.9. The Labute approximate surface area is 128 Å². The molecule has 0 aliphatic rings. The Balaban J connectivity index is 2.07. The van der Waals surface area contributed by atoms with Gasteiger partial charge in [-0.3, -0.25) is 0 Å². The van der Waals surface area contributed by atoms with Crippen molar-refractivity contribution in [3.05, 3.63) is 58.7 Å². The lowest BCUT2D eigenvalue weighted by Gasteiger charge is -2.15. The first-order chi connectivity index (χ1) is 9.63. The molecule has 0 aromatic heterocycles. The fourth-order valence-electron chi connectivity index (χ4n) is 2.20. The van der Waals surface area contributed by atoms with Crippen molar-refractivity contribution in [1.82, 2.24) is 0 Å². The van der Waals surface area contributed by atoms with E-state index in [-0.39, 0.29) is 6.79 Å². The first-order valence-electron chi connectivity index (χ1n) is 6.59. The smallest absolute Gasteiger partial charge is 0.230 e. The SMILES string of the molecule is Cc1cccc(C)c1OCOc1c(C)cccc1CBr. The lowest BCUT2D eigenvalue weighted by atomic mass is 10.1. The van der Waals surface area contributed by atoms with Crippen molar-refractivity contribution in [2.45, 2.75) is 26.1 Å². The maximum atomic E-state index is 5.82. The van der Waals surface area contributed by atoms with Crippen molar-refractivity contribution in [2.24, 2.45) is 0 Å². The highest BCUT2D eigenvalue weighted by molar-refractivity contribution is 9.08. The average molecular weight is 335 g/mol. The average Bonchev–Trinajstić information content (AvgIpc) is 2.43. The molecule has 0 fully saturated rings. The lowest BCUT2D eigenvalue weighted by Crippen LogP contribution is -2.09. The molecule has 2 aromatic carbocycles. The van der Waals surface area contributed by atoms with Crippen molar-refractivity contribution in [1.29, 1.82) is 0 Å². The summed E-state index contributed by atoms with van der Waals surface area (Å²) in [7, 11) is 0. The Morgan fingerprint density at radius 2 is 1.30 bits per heavy atom. The van der Waals surface area contributed by atoms with Crippen molar-refractivity contribution in [2.75, 3.05) is 6.79 Å². The van der Waals surface area contributed by atoms with Crippen molar-refractivity contribution in [3.8, 4) is 11.5 Å². The summed E-state index contributed by atoms with van der Waals surface area (Å²) in [6.07, 6.45) is 0. The molecule has 2 nitrogen and oxygen atoms in total. The molecule has 2 aromatic rings. The molecule has 0 radical (unpaired) electrons. The van der Waals surface area contributed by atoms with E-state index in [1.54, 1.807) is 0 Å². The van der Waals surface area contributed by atoms with Gasteiger partial charge in [-0.25, -0.2) is 0 Å². The van der Waals surface area contributed by atoms with E-state index in [1.807, 2.05) is 51.1 Å². The van der Waals surface area contributed by atoms with Gasteiger partial charge in [0.05, 0.1) is 0 Å². The second-order valence-corrected chi connectivity index (χ2v) is 5.38. The van der Waals surface area contributed by atoms with Crippen LogP contribution in [0.4, 0.5) is 0 Å². The van der Waals surface area contributed by atoms with Gasteiger partial charge in [0.15, 0.2) is 0 Å². The van der Waals surface area contributed by atoms with E-state index >= 15 is 0 Å². The summed E-state index contributed by atoms with van der Waals surface area (Å²) in [6, 6.07) is 12.2. The third kappa shape index (κ3) is 3.34. The van der Waals surface area contributed by atoms with Crippen molar-refractivity contribution >= 4 is 15.9 Å². The first kappa shape index (κ1) is 14.9. The molecule has 0 bridgehead atoms. The van der Waals surface area contributed by atoms with E-state index in [0.717, 1.165) is 39.1 Å². The summed E-state index contributed by atoms with van der Waals surface area (Å²) < 4.78 is 11.6. The van der Waals surface area contributed by atoms with Gasteiger partial charge >= 0.3 is 0 Å². The van der Waals surface area contributed by atoms with E-state index in [0.29, 0.717) is 0 Å². The molecule has 2 rings (SSSR count). The van der Waals surface area contributed by atoms with Crippen molar-refractivity contribution < 1.29 is 9.47 Å². The van der Waals surface area contributed by atoms with Crippen LogP contribution in [0.3, 0.4) is 0 Å². The van der Waals surface area contributed by atoms with E-state index in [9.17, 15) is 0 Å².